The smallest absolute Gasteiger partial charge is 0.130 e. The van der Waals surface area contributed by atoms with Gasteiger partial charge in [-0.2, -0.15) is 0 Å². The monoisotopic (exact) mass is 266 g/mol. The van der Waals surface area contributed by atoms with Crippen LogP contribution in [0, 0.1) is 0 Å². The predicted octanol–water partition coefficient (Wildman–Crippen LogP) is 2.71. The van der Waals surface area contributed by atoms with Gasteiger partial charge in [-0.1, -0.05) is 11.6 Å². The molecule has 1 heterocycles. The maximum atomic E-state index is 9.68. The molecule has 0 aliphatic carbocycles. The molecule has 5 heteroatoms. The van der Waals surface area contributed by atoms with E-state index in [0.29, 0.717) is 22.9 Å². The Morgan fingerprint density at radius 3 is 2.89 bits per heavy atom. The molecule has 96 valence electrons. The lowest BCUT2D eigenvalue weighted by Gasteiger charge is -2.13. The molecule has 1 N–H and O–H groups in total. The van der Waals surface area contributed by atoms with Crippen LogP contribution >= 0.6 is 11.6 Å². The summed E-state index contributed by atoms with van der Waals surface area (Å²) in [4.78, 5) is 4.02. The van der Waals surface area contributed by atoms with E-state index in [9.17, 15) is 5.11 Å². The Hall–Kier alpha value is -1.52. The summed E-state index contributed by atoms with van der Waals surface area (Å²) in [5.41, 5.74) is 1.64. The first kappa shape index (κ1) is 12.9. The minimum Gasteiger partial charge on any atom is -0.487 e. The molecule has 0 radical (unpaired) electrons. The van der Waals surface area contributed by atoms with Crippen LogP contribution < -0.4 is 4.74 Å². The molecule has 0 aliphatic heterocycles. The number of benzene rings is 1. The lowest BCUT2D eigenvalue weighted by Crippen LogP contribution is -2.04. The molecular weight excluding hydrogens is 252 g/mol. The molecule has 0 bridgehead atoms. The molecule has 0 spiro atoms. The van der Waals surface area contributed by atoms with E-state index in [2.05, 4.69) is 4.98 Å². The first-order chi connectivity index (χ1) is 8.58. The molecule has 2 aromatic rings. The summed E-state index contributed by atoms with van der Waals surface area (Å²) >= 11 is 5.91. The van der Waals surface area contributed by atoms with Gasteiger partial charge in [0.1, 0.15) is 12.4 Å². The summed E-state index contributed by atoms with van der Waals surface area (Å²) in [7, 11) is 1.91. The highest BCUT2D eigenvalue weighted by molar-refractivity contribution is 6.30. The van der Waals surface area contributed by atoms with Crippen molar-refractivity contribution in [1.82, 2.24) is 9.55 Å². The second-order valence-corrected chi connectivity index (χ2v) is 4.58. The van der Waals surface area contributed by atoms with Crippen molar-refractivity contribution in [1.29, 1.82) is 0 Å². The Labute approximate surface area is 111 Å². The van der Waals surface area contributed by atoms with Gasteiger partial charge in [-0.05, 0) is 25.1 Å². The number of ether oxygens (including phenoxy) is 1. The van der Waals surface area contributed by atoms with Crippen LogP contribution in [0.5, 0.6) is 5.75 Å². The van der Waals surface area contributed by atoms with Crippen molar-refractivity contribution < 1.29 is 9.84 Å². The fraction of sp³-hybridized carbons (Fsp3) is 0.308. The lowest BCUT2D eigenvalue weighted by atomic mass is 10.1. The minimum atomic E-state index is -0.620. The highest BCUT2D eigenvalue weighted by Crippen LogP contribution is 2.28. The van der Waals surface area contributed by atoms with Crippen molar-refractivity contribution >= 4 is 11.6 Å². The van der Waals surface area contributed by atoms with Gasteiger partial charge in [0.15, 0.2) is 0 Å². The van der Waals surface area contributed by atoms with Gasteiger partial charge >= 0.3 is 0 Å². The van der Waals surface area contributed by atoms with Gasteiger partial charge in [-0.25, -0.2) is 4.98 Å². The maximum absolute atomic E-state index is 9.68. The van der Waals surface area contributed by atoms with E-state index in [1.165, 1.54) is 0 Å². The Morgan fingerprint density at radius 2 is 2.28 bits per heavy atom. The van der Waals surface area contributed by atoms with Crippen LogP contribution in [-0.2, 0) is 13.7 Å². The maximum Gasteiger partial charge on any atom is 0.130 e. The zero-order valence-corrected chi connectivity index (χ0v) is 11.1. The van der Waals surface area contributed by atoms with Crippen molar-refractivity contribution in [2.75, 3.05) is 0 Å². The first-order valence-corrected chi connectivity index (χ1v) is 6.01. The van der Waals surface area contributed by atoms with Crippen LogP contribution in [0.25, 0.3) is 0 Å². The second kappa shape index (κ2) is 5.42. The molecule has 0 amide bonds. The number of hydrogen-bond donors (Lipinski definition) is 1. The van der Waals surface area contributed by atoms with Crippen LogP contribution in [0.1, 0.15) is 24.3 Å². The van der Waals surface area contributed by atoms with Crippen LogP contribution in [0.15, 0.2) is 30.7 Å². The van der Waals surface area contributed by atoms with E-state index in [4.69, 9.17) is 16.3 Å². The van der Waals surface area contributed by atoms with E-state index in [-0.39, 0.29) is 0 Å². The number of aromatic nitrogens is 2. The van der Waals surface area contributed by atoms with Crippen LogP contribution in [-0.4, -0.2) is 14.7 Å². The minimum absolute atomic E-state index is 0.401. The number of aliphatic hydroxyl groups excluding tert-OH is 1. The van der Waals surface area contributed by atoms with Gasteiger partial charge in [0.25, 0.3) is 0 Å². The third-order valence-electron chi connectivity index (χ3n) is 2.71. The number of aryl methyl sites for hydroxylation is 1. The van der Waals surface area contributed by atoms with Crippen molar-refractivity contribution in [3.05, 3.63) is 47.0 Å². The summed E-state index contributed by atoms with van der Waals surface area (Å²) in [6.07, 6.45) is 2.85. The summed E-state index contributed by atoms with van der Waals surface area (Å²) in [5.74, 6) is 0.635. The molecule has 1 aromatic carbocycles. The fourth-order valence-electron chi connectivity index (χ4n) is 1.65. The zero-order valence-electron chi connectivity index (χ0n) is 10.3. The molecular formula is C13H15ClN2O2. The summed E-state index contributed by atoms with van der Waals surface area (Å²) in [5, 5.41) is 10.3. The van der Waals surface area contributed by atoms with E-state index in [1.54, 1.807) is 37.6 Å². The van der Waals surface area contributed by atoms with E-state index in [0.717, 1.165) is 5.69 Å². The Bertz CT molecular complexity index is 538. The third kappa shape index (κ3) is 2.83. The lowest BCUT2D eigenvalue weighted by molar-refractivity contribution is 0.189. The molecule has 18 heavy (non-hydrogen) atoms. The van der Waals surface area contributed by atoms with Crippen molar-refractivity contribution in [2.24, 2.45) is 7.05 Å². The number of aliphatic hydroxyl groups is 1. The number of rotatable bonds is 4. The van der Waals surface area contributed by atoms with Crippen molar-refractivity contribution in [3.63, 3.8) is 0 Å². The number of hydrogen-bond acceptors (Lipinski definition) is 3. The van der Waals surface area contributed by atoms with Gasteiger partial charge in [0.2, 0.25) is 0 Å². The first-order valence-electron chi connectivity index (χ1n) is 5.63. The third-order valence-corrected chi connectivity index (χ3v) is 2.95. The van der Waals surface area contributed by atoms with Gasteiger partial charge in [-0.3, -0.25) is 0 Å². The SMILES string of the molecule is C[C@@H](O)c1cc(Cl)ccc1OCc1cncn1C. The number of nitrogens with zero attached hydrogens (tertiary/aromatic N) is 2. The Morgan fingerprint density at radius 1 is 1.50 bits per heavy atom. The highest BCUT2D eigenvalue weighted by atomic mass is 35.5. The topological polar surface area (TPSA) is 47.3 Å². The van der Waals surface area contributed by atoms with Crippen molar-refractivity contribution in [2.45, 2.75) is 19.6 Å². The molecule has 0 aliphatic rings. The molecule has 0 fully saturated rings. The quantitative estimate of drug-likeness (QED) is 0.926. The molecule has 0 saturated carbocycles. The molecule has 4 nitrogen and oxygen atoms in total. The molecule has 1 aromatic heterocycles. The van der Waals surface area contributed by atoms with Gasteiger partial charge < -0.3 is 14.4 Å². The summed E-state index contributed by atoms with van der Waals surface area (Å²) in [6, 6.07) is 5.22. The van der Waals surface area contributed by atoms with Crippen molar-refractivity contribution in [3.8, 4) is 5.75 Å². The summed E-state index contributed by atoms with van der Waals surface area (Å²) < 4.78 is 7.59. The second-order valence-electron chi connectivity index (χ2n) is 4.14. The van der Waals surface area contributed by atoms with Gasteiger partial charge in [-0.15, -0.1) is 0 Å². The van der Waals surface area contributed by atoms with E-state index in [1.807, 2.05) is 11.6 Å². The molecule has 1 atom stereocenters. The Balaban J connectivity index is 2.16. The average molecular weight is 267 g/mol. The zero-order chi connectivity index (χ0) is 13.1. The van der Waals surface area contributed by atoms with Crippen LogP contribution in [0.2, 0.25) is 5.02 Å². The molecule has 0 unspecified atom stereocenters. The molecule has 0 saturated heterocycles. The average Bonchev–Trinajstić information content (AvgIpc) is 2.73. The van der Waals surface area contributed by atoms with Crippen LogP contribution in [0.3, 0.4) is 0 Å². The normalized spacial score (nSPS) is 12.4. The highest BCUT2D eigenvalue weighted by Gasteiger charge is 2.10. The largest absolute Gasteiger partial charge is 0.487 e. The fourth-order valence-corrected chi connectivity index (χ4v) is 1.83. The molecule has 2 rings (SSSR count). The van der Waals surface area contributed by atoms with Crippen LogP contribution in [0.4, 0.5) is 0 Å². The summed E-state index contributed by atoms with van der Waals surface area (Å²) in [6.45, 7) is 2.08. The number of imidazole rings is 1. The van der Waals surface area contributed by atoms with E-state index >= 15 is 0 Å². The van der Waals surface area contributed by atoms with Gasteiger partial charge in [0.05, 0.1) is 24.3 Å². The number of halogens is 1. The Kier molecular flexibility index (Phi) is 3.89. The van der Waals surface area contributed by atoms with Gasteiger partial charge in [0, 0.05) is 17.6 Å². The standard InChI is InChI=1S/C13H15ClN2O2/c1-9(17)12-5-10(14)3-4-13(12)18-7-11-6-15-8-16(11)2/h3-6,8-9,17H,7H2,1-2H3/t9-/m1/s1. The van der Waals surface area contributed by atoms with E-state index < -0.39 is 6.10 Å². The predicted molar refractivity (Wildman–Crippen MR) is 69.6 cm³/mol.